The molecule has 0 saturated heterocycles. The molecule has 0 aliphatic heterocycles. The van der Waals surface area contributed by atoms with Crippen LogP contribution in [0.1, 0.15) is 58.4 Å². The summed E-state index contributed by atoms with van der Waals surface area (Å²) in [5.74, 6) is -2.56. The lowest BCUT2D eigenvalue weighted by Gasteiger charge is -2.14. The summed E-state index contributed by atoms with van der Waals surface area (Å²) < 4.78 is 10.6. The number of benzene rings is 2. The first-order valence-electron chi connectivity index (χ1n) is 21.8. The summed E-state index contributed by atoms with van der Waals surface area (Å²) in [5.41, 5.74) is 19.2. The number of hydrogen-bond acceptors (Lipinski definition) is 20. The largest absolute Gasteiger partial charge is 0.447 e. The highest BCUT2D eigenvalue weighted by Gasteiger charge is 2.27. The van der Waals surface area contributed by atoms with Crippen LogP contribution in [0.2, 0.25) is 0 Å². The lowest BCUT2D eigenvalue weighted by atomic mass is 10.1. The minimum Gasteiger partial charge on any atom is -0.447 e. The van der Waals surface area contributed by atoms with Gasteiger partial charge in [0, 0.05) is 63.5 Å². The molecule has 5 aromatic rings. The van der Waals surface area contributed by atoms with E-state index < -0.39 is 41.9 Å². The number of rotatable bonds is 22. The van der Waals surface area contributed by atoms with Crippen molar-refractivity contribution in [2.24, 2.45) is 37.3 Å². The Hall–Kier alpha value is -6.01. The zero-order valence-corrected chi connectivity index (χ0v) is 46.0. The minimum atomic E-state index is -1.37. The second-order valence-electron chi connectivity index (χ2n) is 14.7. The van der Waals surface area contributed by atoms with E-state index in [2.05, 4.69) is 25.4 Å². The van der Waals surface area contributed by atoms with Crippen molar-refractivity contribution in [3.63, 3.8) is 0 Å². The zero-order chi connectivity index (χ0) is 53.4. The van der Waals surface area contributed by atoms with Gasteiger partial charge in [0.15, 0.2) is 20.5 Å². The Kier molecular flexibility index (Phi) is 24.7. The summed E-state index contributed by atoms with van der Waals surface area (Å²) in [4.78, 5) is 90.8. The molecular weight excluding hydrogens is 1110 g/mol. The van der Waals surface area contributed by atoms with Crippen molar-refractivity contribution in [3.05, 3.63) is 122 Å². The van der Waals surface area contributed by atoms with Crippen LogP contribution in [-0.4, -0.2) is 94.3 Å². The van der Waals surface area contributed by atoms with Crippen molar-refractivity contribution in [3.8, 4) is 0 Å². The van der Waals surface area contributed by atoms with Crippen molar-refractivity contribution in [2.75, 3.05) is 28.3 Å². The fraction of sp³-hybridized carbons (Fsp3) is 0.261. The molecule has 2 unspecified atom stereocenters. The molecule has 0 aliphatic rings. The number of amidine groups is 3. The summed E-state index contributed by atoms with van der Waals surface area (Å²) in [6.45, 7) is 2.35. The molecule has 4 amide bonds. The van der Waals surface area contributed by atoms with Gasteiger partial charge in [-0.1, -0.05) is 72.8 Å². The third-order valence-corrected chi connectivity index (χ3v) is 16.1. The predicted octanol–water partition coefficient (Wildman–Crippen LogP) is 6.82. The molecule has 3 heterocycles. The third-order valence-electron chi connectivity index (χ3n) is 8.86. The van der Waals surface area contributed by atoms with Crippen LogP contribution < -0.4 is 27.3 Å². The van der Waals surface area contributed by atoms with E-state index in [4.69, 9.17) is 42.6 Å². The van der Waals surface area contributed by atoms with Gasteiger partial charge < -0.3 is 26.7 Å². The topological polar surface area (TPSA) is 325 Å². The second kappa shape index (κ2) is 31.0. The average molecular weight is 1150 g/mol. The molecule has 0 saturated carbocycles. The third kappa shape index (κ3) is 21.5. The fourth-order valence-corrected chi connectivity index (χ4v) is 12.2. The van der Waals surface area contributed by atoms with E-state index in [-0.39, 0.29) is 67.4 Å². The van der Waals surface area contributed by atoms with Gasteiger partial charge in [0.2, 0.25) is 18.1 Å². The maximum atomic E-state index is 13.5. The number of hydrogen-bond donors (Lipinski definition) is 6. The van der Waals surface area contributed by atoms with Crippen LogP contribution in [0.15, 0.2) is 116 Å². The first-order valence-corrected chi connectivity index (χ1v) is 29.1. The van der Waals surface area contributed by atoms with Gasteiger partial charge in [-0.25, -0.2) is 0 Å². The van der Waals surface area contributed by atoms with Gasteiger partial charge in [0.1, 0.15) is 0 Å². The number of thiophene rings is 2. The van der Waals surface area contributed by atoms with Gasteiger partial charge in [0.25, 0.3) is 22.9 Å². The van der Waals surface area contributed by atoms with Gasteiger partial charge >= 0.3 is 16.9 Å². The van der Waals surface area contributed by atoms with Crippen LogP contribution in [0.3, 0.4) is 0 Å². The van der Waals surface area contributed by atoms with E-state index in [0.29, 0.717) is 39.1 Å². The number of amides is 4. The first kappa shape index (κ1) is 58.9. The highest BCUT2D eigenvalue weighted by molar-refractivity contribution is 8.28. The van der Waals surface area contributed by atoms with Crippen molar-refractivity contribution >= 4 is 164 Å². The Labute approximate surface area is 458 Å². The Bertz CT molecular complexity index is 2880. The maximum Gasteiger partial charge on any atom is 0.303 e. The Morgan fingerprint density at radius 2 is 1.18 bits per heavy atom. The van der Waals surface area contributed by atoms with Gasteiger partial charge in [-0.15, -0.1) is 22.7 Å². The van der Waals surface area contributed by atoms with E-state index in [9.17, 15) is 28.8 Å². The summed E-state index contributed by atoms with van der Waals surface area (Å²) in [7, 11) is 0. The highest BCUT2D eigenvalue weighted by Crippen LogP contribution is 2.24. The number of carbonyl (C=O) groups excluding carboxylic acids is 6. The molecule has 0 radical (unpaired) electrons. The average Bonchev–Trinajstić information content (AvgIpc) is 4.14. The second-order valence-corrected chi connectivity index (χ2v) is 23.4. The number of carbonyl (C=O) groups is 6. The Balaban J connectivity index is 1.33. The molecule has 0 spiro atoms. The molecule has 5 rings (SSSR count). The van der Waals surface area contributed by atoms with Crippen molar-refractivity contribution in [1.29, 1.82) is 10.8 Å². The van der Waals surface area contributed by atoms with Crippen LogP contribution in [-0.2, 0) is 57.5 Å². The van der Waals surface area contributed by atoms with Crippen LogP contribution in [0, 0.1) is 10.8 Å². The number of nitrogens with zero attached hydrogens (tertiary/aromatic N) is 6. The molecule has 20 nitrogen and oxygen atoms in total. The number of aliphatic imine (C=N–C) groups is 3. The van der Waals surface area contributed by atoms with Gasteiger partial charge in [0.05, 0.1) is 39.2 Å². The molecule has 0 fully saturated rings. The maximum absolute atomic E-state index is 13.5. The molecule has 0 bridgehead atoms. The number of nitrogens with one attached hydrogen (secondary N) is 3. The van der Waals surface area contributed by atoms with E-state index >= 15 is 0 Å². The number of esters is 2. The molecule has 2 atom stereocenters. The highest BCUT2D eigenvalue weighted by atomic mass is 32.2. The summed E-state index contributed by atoms with van der Waals surface area (Å²) in [5, 5.41) is 34.0. The molecule has 74 heavy (non-hydrogen) atoms. The quantitative estimate of drug-likeness (QED) is 0.0136. The number of thioether (sulfide) groups is 5. The molecular formula is C46H49N12O8S8+. The molecule has 9 N–H and O–H groups in total. The lowest BCUT2D eigenvalue weighted by Crippen LogP contribution is -2.36. The monoisotopic (exact) mass is 1150 g/mol. The molecule has 2 aromatic carbocycles. The summed E-state index contributed by atoms with van der Waals surface area (Å²) >= 11 is 9.33. The number of aryl methyl sites for hydroxylation is 1. The first-order chi connectivity index (χ1) is 35.5. The van der Waals surface area contributed by atoms with E-state index in [0.717, 1.165) is 45.0 Å². The lowest BCUT2D eigenvalue weighted by molar-refractivity contribution is -0.737. The number of ether oxygens (including phenoxy) is 2. The fourth-order valence-electron chi connectivity index (χ4n) is 5.87. The molecule has 3 aromatic heterocycles. The molecule has 0 aliphatic carbocycles. The molecule has 388 valence electrons. The van der Waals surface area contributed by atoms with E-state index in [1.54, 1.807) is 60.7 Å². The van der Waals surface area contributed by atoms with Gasteiger partial charge in [-0.3, -0.25) is 44.9 Å². The Morgan fingerprint density at radius 1 is 0.676 bits per heavy atom. The summed E-state index contributed by atoms with van der Waals surface area (Å²) in [6, 6.07) is 24.1. The van der Waals surface area contributed by atoms with E-state index in [1.165, 1.54) is 76.2 Å². The normalized spacial score (nSPS) is 12.9. The standard InChI is InChI=1S/C46H48N12O8S8/c1-27(59)65-39(29-11-5-3-6-12-29)41(63)54-44(50)72-34(48)25-67-21-17-37(73-45(51)55-42(64)40(66-28(2)60)30-13-7-4-8-14-30)56-58-38(74-46(57-58)53-36(62)24-32-16-10-20-70-32)18-22-68-26-33(47)71-43(49)52-35(61)23-31-15-9-19-69-31/h3-16,19-20,39-40,47-48H,17-18,21-26H2,1-2H3,(H6-,49,50,51,52,53,54,55,57,61,62,63,64)/p+1. The van der Waals surface area contributed by atoms with Crippen LogP contribution in [0.5, 0.6) is 0 Å². The summed E-state index contributed by atoms with van der Waals surface area (Å²) in [6.07, 6.45) is -1.88. The number of anilines is 1. The number of aromatic nitrogens is 2. The van der Waals surface area contributed by atoms with Crippen molar-refractivity contribution < 1.29 is 43.0 Å². The zero-order valence-electron chi connectivity index (χ0n) is 39.5. The predicted molar refractivity (Wildman–Crippen MR) is 303 cm³/mol. The van der Waals surface area contributed by atoms with E-state index in [1.807, 2.05) is 35.0 Å². The van der Waals surface area contributed by atoms with Gasteiger partial charge in [-0.2, -0.15) is 38.5 Å². The van der Waals surface area contributed by atoms with Crippen LogP contribution >= 0.6 is 92.8 Å². The molecule has 28 heteroatoms. The Morgan fingerprint density at radius 3 is 1.69 bits per heavy atom. The smallest absolute Gasteiger partial charge is 0.303 e. The number of nitrogens with two attached hydrogens (primary N) is 3. The van der Waals surface area contributed by atoms with Crippen molar-refractivity contribution in [2.45, 2.75) is 51.7 Å². The van der Waals surface area contributed by atoms with Crippen LogP contribution in [0.4, 0.5) is 5.13 Å². The van der Waals surface area contributed by atoms with Gasteiger partial charge in [-0.05, 0) is 75.3 Å². The minimum absolute atomic E-state index is 0.0281. The SMILES string of the molecule is CC(=O)OC(C(=O)N=C(N)SC(=N)CSCCC(=N[n+]1nc(NC(=O)Cc2cccs2)sc1CCSCC(=N)SC(N)=NC(=O)Cc1cccs1)SC(N)=NC(=O)C(OC(C)=O)c1ccccc1)c1ccccc1. The van der Waals surface area contributed by atoms with Crippen LogP contribution in [0.25, 0.3) is 0 Å². The van der Waals surface area contributed by atoms with Crippen molar-refractivity contribution in [1.82, 2.24) is 5.10 Å².